The van der Waals surface area contributed by atoms with Gasteiger partial charge < -0.3 is 19.3 Å². The molecule has 0 aliphatic carbocycles. The molecule has 1 atom stereocenters. The Bertz CT molecular complexity index is 596. The van der Waals surface area contributed by atoms with Crippen LogP contribution in [0.3, 0.4) is 0 Å². The fraction of sp³-hybridized carbons (Fsp3) is 0.294. The SMILES string of the molecule is COc1ccc(COCC(O)COc2cc(F)cc(F)c2)cc1. The van der Waals surface area contributed by atoms with Gasteiger partial charge in [-0.15, -0.1) is 0 Å². The number of benzene rings is 2. The van der Waals surface area contributed by atoms with Crippen LogP contribution >= 0.6 is 0 Å². The number of hydrogen-bond acceptors (Lipinski definition) is 4. The highest BCUT2D eigenvalue weighted by atomic mass is 19.1. The Labute approximate surface area is 133 Å². The van der Waals surface area contributed by atoms with Crippen LogP contribution in [0.5, 0.6) is 11.5 Å². The number of rotatable bonds is 8. The second-order valence-electron chi connectivity index (χ2n) is 4.93. The minimum absolute atomic E-state index is 0.0247. The molecule has 23 heavy (non-hydrogen) atoms. The summed E-state index contributed by atoms with van der Waals surface area (Å²) in [7, 11) is 1.59. The van der Waals surface area contributed by atoms with E-state index in [1.165, 1.54) is 0 Å². The van der Waals surface area contributed by atoms with E-state index in [1.807, 2.05) is 24.3 Å². The number of halogens is 2. The van der Waals surface area contributed by atoms with Crippen molar-refractivity contribution in [3.63, 3.8) is 0 Å². The van der Waals surface area contributed by atoms with E-state index in [9.17, 15) is 13.9 Å². The van der Waals surface area contributed by atoms with Crippen molar-refractivity contribution < 1.29 is 28.1 Å². The van der Waals surface area contributed by atoms with Gasteiger partial charge in [-0.3, -0.25) is 0 Å². The van der Waals surface area contributed by atoms with Crippen LogP contribution in [0.15, 0.2) is 42.5 Å². The van der Waals surface area contributed by atoms with Crippen molar-refractivity contribution in [3.05, 3.63) is 59.7 Å². The molecule has 6 heteroatoms. The maximum absolute atomic E-state index is 13.0. The van der Waals surface area contributed by atoms with E-state index in [0.29, 0.717) is 6.61 Å². The van der Waals surface area contributed by atoms with Gasteiger partial charge in [-0.25, -0.2) is 8.78 Å². The van der Waals surface area contributed by atoms with Gasteiger partial charge >= 0.3 is 0 Å². The van der Waals surface area contributed by atoms with Crippen LogP contribution < -0.4 is 9.47 Å². The molecule has 1 unspecified atom stereocenters. The molecule has 4 nitrogen and oxygen atoms in total. The average Bonchev–Trinajstić information content (AvgIpc) is 2.53. The third-order valence-corrected chi connectivity index (χ3v) is 3.02. The lowest BCUT2D eigenvalue weighted by atomic mass is 10.2. The maximum Gasteiger partial charge on any atom is 0.129 e. The maximum atomic E-state index is 13.0. The third-order valence-electron chi connectivity index (χ3n) is 3.02. The zero-order chi connectivity index (χ0) is 16.7. The molecule has 0 bridgehead atoms. The third kappa shape index (κ3) is 5.84. The summed E-state index contributed by atoms with van der Waals surface area (Å²) >= 11 is 0. The molecular weight excluding hydrogens is 306 g/mol. The van der Waals surface area contributed by atoms with Crippen LogP contribution in [0.4, 0.5) is 8.78 Å². The van der Waals surface area contributed by atoms with Gasteiger partial charge in [0, 0.05) is 18.2 Å². The smallest absolute Gasteiger partial charge is 0.129 e. The van der Waals surface area contributed by atoms with E-state index in [0.717, 1.165) is 29.5 Å². The van der Waals surface area contributed by atoms with Gasteiger partial charge in [0.05, 0.1) is 20.3 Å². The van der Waals surface area contributed by atoms with Crippen LogP contribution in [0, 0.1) is 11.6 Å². The van der Waals surface area contributed by atoms with Gasteiger partial charge in [0.2, 0.25) is 0 Å². The molecule has 1 N–H and O–H groups in total. The minimum Gasteiger partial charge on any atom is -0.497 e. The van der Waals surface area contributed by atoms with Crippen molar-refractivity contribution in [1.82, 2.24) is 0 Å². The summed E-state index contributed by atoms with van der Waals surface area (Å²) in [6.45, 7) is 0.255. The number of methoxy groups -OCH3 is 1. The van der Waals surface area contributed by atoms with E-state index < -0.39 is 17.7 Å². The van der Waals surface area contributed by atoms with E-state index >= 15 is 0 Å². The molecule has 0 heterocycles. The zero-order valence-electron chi connectivity index (χ0n) is 12.7. The van der Waals surface area contributed by atoms with Gasteiger partial charge in [0.15, 0.2) is 0 Å². The minimum atomic E-state index is -0.903. The topological polar surface area (TPSA) is 47.9 Å². The first-order valence-electron chi connectivity index (χ1n) is 7.04. The normalized spacial score (nSPS) is 12.0. The molecule has 0 aliphatic heterocycles. The van der Waals surface area contributed by atoms with E-state index in [-0.39, 0.29) is 19.0 Å². The number of hydrogen-bond donors (Lipinski definition) is 1. The van der Waals surface area contributed by atoms with Gasteiger partial charge in [0.25, 0.3) is 0 Å². The fourth-order valence-electron chi connectivity index (χ4n) is 1.89. The molecule has 0 saturated carbocycles. The van der Waals surface area contributed by atoms with Crippen LogP contribution in [-0.2, 0) is 11.3 Å². The van der Waals surface area contributed by atoms with Crippen molar-refractivity contribution in [3.8, 4) is 11.5 Å². The highest BCUT2D eigenvalue weighted by molar-refractivity contribution is 5.26. The molecule has 0 aromatic heterocycles. The Balaban J connectivity index is 1.71. The van der Waals surface area contributed by atoms with Crippen molar-refractivity contribution in [2.24, 2.45) is 0 Å². The Hall–Kier alpha value is -2.18. The van der Waals surface area contributed by atoms with Gasteiger partial charge in [-0.1, -0.05) is 12.1 Å². The van der Waals surface area contributed by atoms with Gasteiger partial charge in [-0.2, -0.15) is 0 Å². The second-order valence-corrected chi connectivity index (χ2v) is 4.93. The highest BCUT2D eigenvalue weighted by Crippen LogP contribution is 2.16. The predicted molar refractivity (Wildman–Crippen MR) is 80.5 cm³/mol. The summed E-state index contributed by atoms with van der Waals surface area (Å²) in [6, 6.07) is 10.2. The molecule has 0 spiro atoms. The summed E-state index contributed by atoms with van der Waals surface area (Å²) in [4.78, 5) is 0. The Morgan fingerprint density at radius 2 is 1.61 bits per heavy atom. The lowest BCUT2D eigenvalue weighted by Gasteiger charge is -2.13. The molecule has 0 aliphatic rings. The monoisotopic (exact) mass is 324 g/mol. The number of aliphatic hydroxyl groups excluding tert-OH is 1. The summed E-state index contributed by atoms with van der Waals surface area (Å²) in [5, 5.41) is 9.75. The van der Waals surface area contributed by atoms with E-state index in [4.69, 9.17) is 14.2 Å². The largest absolute Gasteiger partial charge is 0.497 e. The van der Waals surface area contributed by atoms with Crippen LogP contribution in [0.25, 0.3) is 0 Å². The van der Waals surface area contributed by atoms with Gasteiger partial charge in [0.1, 0.15) is 35.8 Å². The van der Waals surface area contributed by atoms with Crippen molar-refractivity contribution in [2.75, 3.05) is 20.3 Å². The van der Waals surface area contributed by atoms with Crippen molar-refractivity contribution >= 4 is 0 Å². The standard InChI is InChI=1S/C17H18F2O4/c1-21-16-4-2-12(3-5-16)9-22-10-15(20)11-23-17-7-13(18)6-14(19)8-17/h2-8,15,20H,9-11H2,1H3. The van der Waals surface area contributed by atoms with Gasteiger partial charge in [-0.05, 0) is 17.7 Å². The molecule has 0 fully saturated rings. The fourth-order valence-corrected chi connectivity index (χ4v) is 1.89. The Morgan fingerprint density at radius 1 is 0.957 bits per heavy atom. The van der Waals surface area contributed by atoms with Crippen LogP contribution in [-0.4, -0.2) is 31.5 Å². The zero-order valence-corrected chi connectivity index (χ0v) is 12.7. The molecule has 2 rings (SSSR count). The lowest BCUT2D eigenvalue weighted by molar-refractivity contribution is 0.00538. The molecule has 0 amide bonds. The molecule has 0 saturated heterocycles. The molecule has 124 valence electrons. The first-order chi connectivity index (χ1) is 11.1. The predicted octanol–water partition coefficient (Wildman–Crippen LogP) is 2.93. The van der Waals surface area contributed by atoms with E-state index in [1.54, 1.807) is 7.11 Å². The number of ether oxygens (including phenoxy) is 3. The quantitative estimate of drug-likeness (QED) is 0.811. The average molecular weight is 324 g/mol. The molecule has 2 aromatic rings. The summed E-state index contributed by atoms with van der Waals surface area (Å²) in [5.41, 5.74) is 0.936. The summed E-state index contributed by atoms with van der Waals surface area (Å²) < 4.78 is 41.5. The molecular formula is C17H18F2O4. The van der Waals surface area contributed by atoms with E-state index in [2.05, 4.69) is 0 Å². The van der Waals surface area contributed by atoms with Crippen molar-refractivity contribution in [1.29, 1.82) is 0 Å². The Morgan fingerprint density at radius 3 is 2.22 bits per heavy atom. The van der Waals surface area contributed by atoms with Crippen LogP contribution in [0.2, 0.25) is 0 Å². The first-order valence-corrected chi connectivity index (χ1v) is 7.04. The number of aliphatic hydroxyl groups is 1. The van der Waals surface area contributed by atoms with Crippen molar-refractivity contribution in [2.45, 2.75) is 12.7 Å². The Kier molecular flexibility index (Phi) is 6.31. The summed E-state index contributed by atoms with van der Waals surface area (Å²) in [5.74, 6) is -0.684. The first kappa shape index (κ1) is 17.2. The lowest BCUT2D eigenvalue weighted by Crippen LogP contribution is -2.23. The molecule has 2 aromatic carbocycles. The highest BCUT2D eigenvalue weighted by Gasteiger charge is 2.08. The summed E-state index contributed by atoms with van der Waals surface area (Å²) in [6.07, 6.45) is -0.903. The molecule has 0 radical (unpaired) electrons. The second kappa shape index (κ2) is 8.45. The van der Waals surface area contributed by atoms with Crippen LogP contribution in [0.1, 0.15) is 5.56 Å².